The quantitative estimate of drug-likeness (QED) is 0.354. The predicted molar refractivity (Wildman–Crippen MR) is 141 cm³/mol. The van der Waals surface area contributed by atoms with Crippen LogP contribution in [0.1, 0.15) is 47.6 Å². The zero-order valence-corrected chi connectivity index (χ0v) is 21.4. The van der Waals surface area contributed by atoms with Gasteiger partial charge in [-0.2, -0.15) is 0 Å². The zero-order valence-electron chi connectivity index (χ0n) is 20.6. The maximum atomic E-state index is 13.5. The maximum absolute atomic E-state index is 13.5. The van der Waals surface area contributed by atoms with Crippen LogP contribution in [-0.2, 0) is 17.8 Å². The van der Waals surface area contributed by atoms with Gasteiger partial charge in [-0.05, 0) is 61.9 Å². The summed E-state index contributed by atoms with van der Waals surface area (Å²) in [5.74, 6) is 1.88. The van der Waals surface area contributed by atoms with Crippen LogP contribution in [0.4, 0.5) is 5.82 Å². The van der Waals surface area contributed by atoms with Crippen LogP contribution in [0.5, 0.6) is 11.5 Å². The van der Waals surface area contributed by atoms with Crippen molar-refractivity contribution in [1.29, 1.82) is 0 Å². The van der Waals surface area contributed by atoms with Crippen LogP contribution >= 0.6 is 11.8 Å². The van der Waals surface area contributed by atoms with Gasteiger partial charge in [-0.25, -0.2) is 9.97 Å². The summed E-state index contributed by atoms with van der Waals surface area (Å²) in [7, 11) is 0. The van der Waals surface area contributed by atoms with Crippen LogP contribution in [0.15, 0.2) is 65.3 Å². The van der Waals surface area contributed by atoms with Crippen LogP contribution in [0.2, 0.25) is 0 Å². The Kier molecular flexibility index (Phi) is 9.61. The summed E-state index contributed by atoms with van der Waals surface area (Å²) in [4.78, 5) is 35.8. The Morgan fingerprint density at radius 3 is 2.61 bits per heavy atom. The Morgan fingerprint density at radius 2 is 1.97 bits per heavy atom. The van der Waals surface area contributed by atoms with Gasteiger partial charge in [0, 0.05) is 35.4 Å². The van der Waals surface area contributed by atoms with Gasteiger partial charge in [0.15, 0.2) is 0 Å². The van der Waals surface area contributed by atoms with Crippen molar-refractivity contribution >= 4 is 29.1 Å². The second-order valence-electron chi connectivity index (χ2n) is 8.03. The summed E-state index contributed by atoms with van der Waals surface area (Å²) in [6, 6.07) is 14.8. The monoisotopic (exact) mass is 506 g/mol. The fourth-order valence-corrected chi connectivity index (χ4v) is 4.40. The second-order valence-corrected chi connectivity index (χ2v) is 9.10. The molecule has 3 aromatic rings. The van der Waals surface area contributed by atoms with E-state index in [-0.39, 0.29) is 30.5 Å². The highest BCUT2D eigenvalue weighted by molar-refractivity contribution is 8.17. The number of anilines is 1. The number of nitrogens with zero attached hydrogens (tertiary/aromatic N) is 3. The van der Waals surface area contributed by atoms with Gasteiger partial charge in [0.1, 0.15) is 23.1 Å². The van der Waals surface area contributed by atoms with E-state index in [9.17, 15) is 14.7 Å². The lowest BCUT2D eigenvalue weighted by molar-refractivity contribution is -0.116. The number of allylic oxidation sites excluding steroid dienone is 1. The highest BCUT2D eigenvalue weighted by Gasteiger charge is 2.20. The van der Waals surface area contributed by atoms with E-state index in [1.165, 1.54) is 4.90 Å². The maximum Gasteiger partial charge on any atom is 0.227 e. The number of aryl methyl sites for hydroxylation is 2. The number of carbonyl (C=O) groups is 2. The summed E-state index contributed by atoms with van der Waals surface area (Å²) >= 11 is 0.973. The molecule has 8 nitrogen and oxygen atoms in total. The number of carbonyl (C=O) groups excluding carboxylic acids is 2. The molecular formula is C27H30N4O4S. The zero-order chi connectivity index (χ0) is 26.1. The average Bonchev–Trinajstić information content (AvgIpc) is 2.88. The van der Waals surface area contributed by atoms with E-state index < -0.39 is 0 Å². The van der Waals surface area contributed by atoms with Gasteiger partial charge in [-0.15, -0.1) is 0 Å². The molecule has 1 heterocycles. The van der Waals surface area contributed by atoms with E-state index in [2.05, 4.69) is 9.97 Å². The largest absolute Gasteiger partial charge is 0.457 e. The second kappa shape index (κ2) is 12.9. The number of nitrogens with two attached hydrogens (primary N) is 1. The van der Waals surface area contributed by atoms with Gasteiger partial charge in [0.25, 0.3) is 0 Å². The first-order chi connectivity index (χ1) is 17.4. The molecule has 1 amide bonds. The molecule has 0 aliphatic rings. The summed E-state index contributed by atoms with van der Waals surface area (Å²) in [5.41, 5.74) is 8.53. The summed E-state index contributed by atoms with van der Waals surface area (Å²) in [6.07, 6.45) is 3.20. The lowest BCUT2D eigenvalue weighted by atomic mass is 10.1. The molecule has 188 valence electrons. The third-order valence-corrected chi connectivity index (χ3v) is 6.67. The van der Waals surface area contributed by atoms with Crippen molar-refractivity contribution < 1.29 is 19.4 Å². The first-order valence-corrected chi connectivity index (χ1v) is 12.4. The third kappa shape index (κ3) is 6.93. The van der Waals surface area contributed by atoms with Crippen molar-refractivity contribution in [1.82, 2.24) is 14.9 Å². The topological polar surface area (TPSA) is 119 Å². The van der Waals surface area contributed by atoms with Crippen LogP contribution in [0.25, 0.3) is 0 Å². The Labute approximate surface area is 215 Å². The van der Waals surface area contributed by atoms with E-state index >= 15 is 0 Å². The van der Waals surface area contributed by atoms with Crippen molar-refractivity contribution in [3.8, 4) is 11.5 Å². The molecule has 9 heteroatoms. The summed E-state index contributed by atoms with van der Waals surface area (Å²) in [6.45, 7) is 5.43. The number of hydrogen-bond acceptors (Lipinski definition) is 8. The molecule has 0 spiro atoms. The molecule has 0 radical (unpaired) electrons. The molecule has 3 rings (SSSR count). The number of aliphatic hydroxyl groups excluding tert-OH is 1. The highest BCUT2D eigenvalue weighted by atomic mass is 32.2. The third-order valence-electron chi connectivity index (χ3n) is 5.52. The van der Waals surface area contributed by atoms with E-state index in [1.54, 1.807) is 26.1 Å². The molecule has 0 unspecified atom stereocenters. The molecule has 0 fully saturated rings. The molecule has 0 atom stereocenters. The highest BCUT2D eigenvalue weighted by Crippen LogP contribution is 2.34. The number of thioether (sulfide) groups is 1. The molecule has 0 aliphatic heterocycles. The van der Waals surface area contributed by atoms with Gasteiger partial charge in [-0.1, -0.05) is 31.2 Å². The van der Waals surface area contributed by atoms with Gasteiger partial charge in [-0.3, -0.25) is 9.59 Å². The lowest BCUT2D eigenvalue weighted by Gasteiger charge is -2.22. The molecular weight excluding hydrogens is 476 g/mol. The Morgan fingerprint density at radius 1 is 1.22 bits per heavy atom. The molecule has 0 aliphatic carbocycles. The molecule has 0 bridgehead atoms. The number of hydrogen-bond donors (Lipinski definition) is 2. The smallest absolute Gasteiger partial charge is 0.227 e. The van der Waals surface area contributed by atoms with Gasteiger partial charge >= 0.3 is 0 Å². The van der Waals surface area contributed by atoms with Crippen LogP contribution in [-0.4, -0.2) is 38.1 Å². The number of benzene rings is 2. The fourth-order valence-electron chi connectivity index (χ4n) is 3.45. The average molecular weight is 507 g/mol. The van der Waals surface area contributed by atoms with Crippen molar-refractivity contribution in [2.24, 2.45) is 0 Å². The molecule has 36 heavy (non-hydrogen) atoms. The Hall–Kier alpha value is -3.69. The van der Waals surface area contributed by atoms with Gasteiger partial charge in [0.2, 0.25) is 11.5 Å². The first-order valence-electron chi connectivity index (χ1n) is 11.5. The van der Waals surface area contributed by atoms with Gasteiger partial charge in [0.05, 0.1) is 12.1 Å². The van der Waals surface area contributed by atoms with Crippen molar-refractivity contribution in [3.05, 3.63) is 87.8 Å². The minimum absolute atomic E-state index is 0.138. The number of nitrogen functional groups attached to an aromatic ring is 1. The summed E-state index contributed by atoms with van der Waals surface area (Å²) < 4.78 is 6.01. The van der Waals surface area contributed by atoms with Crippen molar-refractivity contribution in [3.63, 3.8) is 0 Å². The molecule has 0 saturated heterocycles. The standard InChI is InChI=1S/C27H30N4O4S/c1-4-20-10-11-24(35-22-8-6-5-7-9-22)23(14-20)27(34)36-25(12-13-32)18(2)31(17-33)16-21-15-29-19(3)30-26(21)28/h5-11,14-15,17,32H,4,12-13,16H2,1-3H3,(H2,28,29,30)/b25-18-. The van der Waals surface area contributed by atoms with Crippen LogP contribution in [0, 0.1) is 6.92 Å². The van der Waals surface area contributed by atoms with E-state index in [0.29, 0.717) is 45.5 Å². The molecule has 1 aromatic heterocycles. The van der Waals surface area contributed by atoms with Crippen molar-refractivity contribution in [2.75, 3.05) is 12.3 Å². The molecule has 0 saturated carbocycles. The normalized spacial score (nSPS) is 11.6. The number of amides is 1. The SMILES string of the molecule is CCc1ccc(Oc2ccccc2)c(C(=O)S/C(CCO)=C(/C)N(C=O)Cc2cnc(C)nc2N)c1. The minimum atomic E-state index is -0.247. The lowest BCUT2D eigenvalue weighted by Crippen LogP contribution is -2.22. The number of aliphatic hydroxyl groups is 1. The fraction of sp³-hybridized carbons (Fsp3) is 0.259. The summed E-state index contributed by atoms with van der Waals surface area (Å²) in [5, 5.41) is 9.44. The van der Waals surface area contributed by atoms with Crippen LogP contribution in [0.3, 0.4) is 0 Å². The number of para-hydroxylation sites is 1. The Bertz CT molecular complexity index is 1250. The van der Waals surface area contributed by atoms with Crippen molar-refractivity contribution in [2.45, 2.75) is 40.2 Å². The number of aromatic nitrogens is 2. The predicted octanol–water partition coefficient (Wildman–Crippen LogP) is 4.87. The van der Waals surface area contributed by atoms with E-state index in [1.807, 2.05) is 49.4 Å². The van der Waals surface area contributed by atoms with E-state index in [4.69, 9.17) is 10.5 Å². The number of ether oxygens (including phenoxy) is 1. The van der Waals surface area contributed by atoms with Gasteiger partial charge < -0.3 is 20.5 Å². The van der Waals surface area contributed by atoms with Crippen LogP contribution < -0.4 is 10.5 Å². The Balaban J connectivity index is 1.91. The molecule has 2 aromatic carbocycles. The van der Waals surface area contributed by atoms with E-state index in [0.717, 1.165) is 23.7 Å². The number of rotatable bonds is 11. The molecule has 3 N–H and O–H groups in total. The minimum Gasteiger partial charge on any atom is -0.457 e. The first kappa shape index (κ1) is 26.9.